The van der Waals surface area contributed by atoms with E-state index < -0.39 is 0 Å². The molecule has 1 fully saturated rings. The summed E-state index contributed by atoms with van der Waals surface area (Å²) >= 11 is 0. The highest BCUT2D eigenvalue weighted by Gasteiger charge is 2.27. The quantitative estimate of drug-likeness (QED) is 0.724. The van der Waals surface area contributed by atoms with E-state index >= 15 is 0 Å². The average Bonchev–Trinajstić information content (AvgIpc) is 3.10. The van der Waals surface area contributed by atoms with E-state index in [0.717, 1.165) is 60.2 Å². The molecule has 1 unspecified atom stereocenters. The Kier molecular flexibility index (Phi) is 4.36. The maximum Gasteiger partial charge on any atom is 0.163 e. The first-order chi connectivity index (χ1) is 12.6. The van der Waals surface area contributed by atoms with Crippen LogP contribution in [0.2, 0.25) is 0 Å². The van der Waals surface area contributed by atoms with Gasteiger partial charge in [0.05, 0.1) is 0 Å². The summed E-state index contributed by atoms with van der Waals surface area (Å²) in [6, 6.07) is 3.91. The van der Waals surface area contributed by atoms with Crippen LogP contribution in [0.25, 0.3) is 11.4 Å². The number of pyridine rings is 1. The molecule has 4 heterocycles. The Labute approximate surface area is 153 Å². The number of hydrogen-bond donors (Lipinski definition) is 0. The van der Waals surface area contributed by atoms with Gasteiger partial charge in [-0.15, -0.1) is 10.2 Å². The minimum absolute atomic E-state index is 0.368. The van der Waals surface area contributed by atoms with Crippen LogP contribution in [0, 0.1) is 13.8 Å². The third-order valence-electron chi connectivity index (χ3n) is 5.12. The lowest BCUT2D eigenvalue weighted by molar-refractivity contribution is 0.477. The van der Waals surface area contributed by atoms with Crippen molar-refractivity contribution >= 4 is 5.82 Å². The van der Waals surface area contributed by atoms with Crippen molar-refractivity contribution in [1.29, 1.82) is 0 Å². The molecule has 0 saturated carbocycles. The molecule has 0 radical (unpaired) electrons. The molecule has 1 aliphatic heterocycles. The van der Waals surface area contributed by atoms with Crippen molar-refractivity contribution in [3.05, 3.63) is 47.9 Å². The summed E-state index contributed by atoms with van der Waals surface area (Å²) in [5, 5.41) is 8.36. The highest BCUT2D eigenvalue weighted by Crippen LogP contribution is 2.31. The Hall–Kier alpha value is -2.83. The van der Waals surface area contributed by atoms with Gasteiger partial charge in [0.25, 0.3) is 0 Å². The van der Waals surface area contributed by atoms with E-state index in [1.807, 2.05) is 36.9 Å². The van der Waals surface area contributed by atoms with E-state index in [4.69, 9.17) is 4.98 Å². The molecule has 1 saturated heterocycles. The van der Waals surface area contributed by atoms with Crippen molar-refractivity contribution in [2.45, 2.75) is 32.6 Å². The third-order valence-corrected chi connectivity index (χ3v) is 5.12. The first-order valence-corrected chi connectivity index (χ1v) is 8.98. The Balaban J connectivity index is 1.68. The molecule has 4 rings (SSSR count). The summed E-state index contributed by atoms with van der Waals surface area (Å²) in [7, 11) is 2.01. The fourth-order valence-electron chi connectivity index (χ4n) is 3.59. The average molecular weight is 349 g/mol. The molecule has 1 atom stereocenters. The summed E-state index contributed by atoms with van der Waals surface area (Å²) in [6.07, 6.45) is 7.59. The van der Waals surface area contributed by atoms with Gasteiger partial charge >= 0.3 is 0 Å². The monoisotopic (exact) mass is 349 g/mol. The van der Waals surface area contributed by atoms with Gasteiger partial charge in [0, 0.05) is 55.3 Å². The maximum absolute atomic E-state index is 4.90. The molecule has 1 aliphatic rings. The van der Waals surface area contributed by atoms with Gasteiger partial charge in [-0.05, 0) is 38.8 Å². The minimum atomic E-state index is 0.368. The van der Waals surface area contributed by atoms with Gasteiger partial charge in [0.15, 0.2) is 5.82 Å². The smallest absolute Gasteiger partial charge is 0.163 e. The van der Waals surface area contributed by atoms with Crippen LogP contribution in [0.4, 0.5) is 5.82 Å². The van der Waals surface area contributed by atoms with Crippen LogP contribution < -0.4 is 4.90 Å². The molecule has 0 spiro atoms. The first kappa shape index (κ1) is 16.6. The highest BCUT2D eigenvalue weighted by molar-refractivity contribution is 5.59. The van der Waals surface area contributed by atoms with E-state index in [1.54, 1.807) is 12.5 Å². The zero-order valence-corrected chi connectivity index (χ0v) is 15.4. The highest BCUT2D eigenvalue weighted by atomic mass is 15.3. The number of rotatable bonds is 3. The largest absolute Gasteiger partial charge is 0.356 e. The number of piperidine rings is 1. The lowest BCUT2D eigenvalue weighted by atomic mass is 9.96. The summed E-state index contributed by atoms with van der Waals surface area (Å²) in [5.41, 5.74) is 3.09. The molecule has 3 aromatic heterocycles. The molecule has 0 bridgehead atoms. The Bertz CT molecular complexity index is 904. The molecule has 3 aromatic rings. The maximum atomic E-state index is 4.90. The van der Waals surface area contributed by atoms with Crippen molar-refractivity contribution in [2.75, 3.05) is 18.0 Å². The Morgan fingerprint density at radius 1 is 1.19 bits per heavy atom. The van der Waals surface area contributed by atoms with Crippen molar-refractivity contribution in [3.63, 3.8) is 0 Å². The SMILES string of the molecule is Cc1nc(-c2cccnc2)nc(N2CCCC(c3nncn3C)C2)c1C. The topological polar surface area (TPSA) is 72.6 Å². The van der Waals surface area contributed by atoms with Crippen LogP contribution in [-0.4, -0.2) is 42.8 Å². The zero-order chi connectivity index (χ0) is 18.1. The summed E-state index contributed by atoms with van der Waals surface area (Å²) in [5.74, 6) is 3.17. The van der Waals surface area contributed by atoms with Gasteiger partial charge in [-0.25, -0.2) is 9.97 Å². The summed E-state index contributed by atoms with van der Waals surface area (Å²) < 4.78 is 2.02. The van der Waals surface area contributed by atoms with Crippen LogP contribution in [0.3, 0.4) is 0 Å². The predicted molar refractivity (Wildman–Crippen MR) is 99.9 cm³/mol. The number of anilines is 1. The van der Waals surface area contributed by atoms with Crippen LogP contribution in [0.5, 0.6) is 0 Å². The first-order valence-electron chi connectivity index (χ1n) is 8.98. The van der Waals surface area contributed by atoms with E-state index in [9.17, 15) is 0 Å². The molecule has 7 heteroatoms. The van der Waals surface area contributed by atoms with Gasteiger partial charge in [-0.2, -0.15) is 0 Å². The lowest BCUT2D eigenvalue weighted by Gasteiger charge is -2.34. The van der Waals surface area contributed by atoms with Crippen molar-refractivity contribution in [2.24, 2.45) is 7.05 Å². The number of aryl methyl sites for hydroxylation is 2. The molecule has 26 heavy (non-hydrogen) atoms. The van der Waals surface area contributed by atoms with Gasteiger partial charge < -0.3 is 9.47 Å². The molecule has 0 aromatic carbocycles. The second-order valence-corrected chi connectivity index (χ2v) is 6.91. The molecule has 134 valence electrons. The van der Waals surface area contributed by atoms with E-state index in [2.05, 4.69) is 32.0 Å². The lowest BCUT2D eigenvalue weighted by Crippen LogP contribution is -2.36. The van der Waals surface area contributed by atoms with E-state index in [0.29, 0.717) is 5.92 Å². The number of aromatic nitrogens is 6. The molecular formula is C19H23N7. The summed E-state index contributed by atoms with van der Waals surface area (Å²) in [4.78, 5) is 16.1. The van der Waals surface area contributed by atoms with Crippen LogP contribution in [0.15, 0.2) is 30.9 Å². The van der Waals surface area contributed by atoms with E-state index in [-0.39, 0.29) is 0 Å². The van der Waals surface area contributed by atoms with Gasteiger partial charge in [0.2, 0.25) is 0 Å². The Morgan fingerprint density at radius 3 is 2.81 bits per heavy atom. The number of nitrogens with zero attached hydrogens (tertiary/aromatic N) is 7. The Morgan fingerprint density at radius 2 is 2.08 bits per heavy atom. The second-order valence-electron chi connectivity index (χ2n) is 6.91. The van der Waals surface area contributed by atoms with E-state index in [1.165, 1.54) is 0 Å². The van der Waals surface area contributed by atoms with Gasteiger partial charge in [-0.1, -0.05) is 0 Å². The molecule has 0 amide bonds. The second kappa shape index (κ2) is 6.82. The van der Waals surface area contributed by atoms with Crippen LogP contribution in [-0.2, 0) is 7.05 Å². The van der Waals surface area contributed by atoms with Gasteiger partial charge in [0.1, 0.15) is 18.0 Å². The van der Waals surface area contributed by atoms with Crippen molar-refractivity contribution in [1.82, 2.24) is 29.7 Å². The fraction of sp³-hybridized carbons (Fsp3) is 0.421. The van der Waals surface area contributed by atoms with Gasteiger partial charge in [-0.3, -0.25) is 4.98 Å². The standard InChI is InChI=1S/C19H23N7/c1-13-14(2)22-17(15-6-4-8-20-10-15)23-18(13)26-9-5-7-16(11-26)19-24-21-12-25(19)3/h4,6,8,10,12,16H,5,7,9,11H2,1-3H3. The van der Waals surface area contributed by atoms with Crippen LogP contribution >= 0.6 is 0 Å². The molecule has 7 nitrogen and oxygen atoms in total. The fourth-order valence-corrected chi connectivity index (χ4v) is 3.59. The zero-order valence-electron chi connectivity index (χ0n) is 15.4. The predicted octanol–water partition coefficient (Wildman–Crippen LogP) is 2.67. The normalized spacial score (nSPS) is 17.5. The molecule has 0 aliphatic carbocycles. The number of hydrogen-bond acceptors (Lipinski definition) is 6. The molecule has 0 N–H and O–H groups in total. The summed E-state index contributed by atoms with van der Waals surface area (Å²) in [6.45, 7) is 6.04. The third kappa shape index (κ3) is 3.05. The minimum Gasteiger partial charge on any atom is -0.356 e. The van der Waals surface area contributed by atoms with Crippen molar-refractivity contribution in [3.8, 4) is 11.4 Å². The van der Waals surface area contributed by atoms with Crippen LogP contribution in [0.1, 0.15) is 35.8 Å². The molecular weight excluding hydrogens is 326 g/mol. The van der Waals surface area contributed by atoms with Crippen molar-refractivity contribution < 1.29 is 0 Å².